The molecule has 1 N–H and O–H groups in total. The van der Waals surface area contributed by atoms with Crippen molar-refractivity contribution in [1.82, 2.24) is 9.97 Å². The third-order valence-corrected chi connectivity index (χ3v) is 4.35. The second-order valence-corrected chi connectivity index (χ2v) is 7.09. The average Bonchev–Trinajstić information content (AvgIpc) is 3.14. The second kappa shape index (κ2) is 8.09. The number of benzene rings is 1. The number of carbonyl (C=O) groups is 2. The van der Waals surface area contributed by atoms with Crippen molar-refractivity contribution in [2.45, 2.75) is 26.9 Å². The highest BCUT2D eigenvalue weighted by atomic mass is 32.1. The molecule has 3 rings (SSSR count). The van der Waals surface area contributed by atoms with Crippen LogP contribution in [0.25, 0.3) is 11.3 Å². The van der Waals surface area contributed by atoms with Crippen LogP contribution in [-0.4, -0.2) is 27.8 Å². The molecule has 0 spiro atoms. The zero-order valence-corrected chi connectivity index (χ0v) is 16.0. The topological polar surface area (TPSA) is 81.2 Å². The molecule has 138 valence electrons. The van der Waals surface area contributed by atoms with Gasteiger partial charge in [-0.15, -0.1) is 11.3 Å². The Hall–Kier alpha value is -3.06. The molecule has 3 aromatic rings. The van der Waals surface area contributed by atoms with Crippen molar-refractivity contribution < 1.29 is 14.3 Å². The first-order chi connectivity index (χ1) is 12.9. The molecule has 0 fully saturated rings. The molecular weight excluding hydrogens is 362 g/mol. The summed E-state index contributed by atoms with van der Waals surface area (Å²) in [6, 6.07) is 8.74. The van der Waals surface area contributed by atoms with Crippen LogP contribution in [0.3, 0.4) is 0 Å². The van der Waals surface area contributed by atoms with E-state index in [-0.39, 0.29) is 17.8 Å². The quantitative estimate of drug-likeness (QED) is 0.638. The van der Waals surface area contributed by atoms with Crippen LogP contribution in [0, 0.1) is 0 Å². The maximum Gasteiger partial charge on any atom is 0.257 e. The zero-order valence-electron chi connectivity index (χ0n) is 15.2. The van der Waals surface area contributed by atoms with Gasteiger partial charge in [0.2, 0.25) is 0 Å². The van der Waals surface area contributed by atoms with Gasteiger partial charge < -0.3 is 4.74 Å². The van der Waals surface area contributed by atoms with E-state index in [2.05, 4.69) is 15.3 Å². The van der Waals surface area contributed by atoms with Gasteiger partial charge in [0.05, 0.1) is 11.8 Å². The van der Waals surface area contributed by atoms with Crippen LogP contribution in [0.15, 0.2) is 48.1 Å². The number of ether oxygens (including phenoxy) is 1. The number of nitrogens with one attached hydrogen (secondary N) is 1. The number of pyridine rings is 1. The first kappa shape index (κ1) is 18.7. The lowest BCUT2D eigenvalue weighted by atomic mass is 10.0. The predicted octanol–water partition coefficient (Wildman–Crippen LogP) is 4.45. The molecule has 7 heteroatoms. The first-order valence-electron chi connectivity index (χ1n) is 8.42. The maximum absolute atomic E-state index is 12.6. The van der Waals surface area contributed by atoms with Gasteiger partial charge in [-0.3, -0.25) is 19.9 Å². The van der Waals surface area contributed by atoms with E-state index in [1.807, 2.05) is 19.9 Å². The number of ketones is 1. The number of anilines is 1. The number of carbonyl (C=O) groups excluding carboxylic acids is 2. The standard InChI is InChI=1S/C20H19N3O3S/c1-12(2)26-17-9-15(18-5-4-14(11-22-18)13(3)24)8-16(10-17)19(25)23-20-21-6-7-27-20/h4-12H,1-3H3,(H,21,23,25). The van der Waals surface area contributed by atoms with Crippen LogP contribution in [0.4, 0.5) is 5.13 Å². The van der Waals surface area contributed by atoms with Crippen LogP contribution in [0.5, 0.6) is 5.75 Å². The molecule has 2 aromatic heterocycles. The van der Waals surface area contributed by atoms with E-state index in [1.165, 1.54) is 24.5 Å². The lowest BCUT2D eigenvalue weighted by Crippen LogP contribution is -2.13. The van der Waals surface area contributed by atoms with Gasteiger partial charge in [-0.25, -0.2) is 4.98 Å². The fraction of sp³-hybridized carbons (Fsp3) is 0.200. The third-order valence-electron chi connectivity index (χ3n) is 3.66. The largest absolute Gasteiger partial charge is 0.491 e. The Morgan fingerprint density at radius 1 is 1.11 bits per heavy atom. The number of hydrogen-bond acceptors (Lipinski definition) is 6. The molecular formula is C20H19N3O3S. The van der Waals surface area contributed by atoms with Gasteiger partial charge in [-0.2, -0.15) is 0 Å². The normalized spacial score (nSPS) is 10.7. The SMILES string of the molecule is CC(=O)c1ccc(-c2cc(OC(C)C)cc(C(=O)Nc3nccs3)c2)nc1. The average molecular weight is 381 g/mol. The number of amides is 1. The highest BCUT2D eigenvalue weighted by Crippen LogP contribution is 2.27. The molecule has 27 heavy (non-hydrogen) atoms. The number of hydrogen-bond donors (Lipinski definition) is 1. The van der Waals surface area contributed by atoms with Crippen LogP contribution >= 0.6 is 11.3 Å². The lowest BCUT2D eigenvalue weighted by Gasteiger charge is -2.13. The van der Waals surface area contributed by atoms with Crippen LogP contribution in [0.1, 0.15) is 41.5 Å². The minimum absolute atomic E-state index is 0.0387. The lowest BCUT2D eigenvalue weighted by molar-refractivity contribution is 0.101. The summed E-state index contributed by atoms with van der Waals surface area (Å²) >= 11 is 1.35. The maximum atomic E-state index is 12.6. The number of rotatable bonds is 6. The van der Waals surface area contributed by atoms with Gasteiger partial charge in [0.15, 0.2) is 10.9 Å². The molecule has 2 heterocycles. The number of nitrogens with zero attached hydrogens (tertiary/aromatic N) is 2. The Balaban J connectivity index is 1.97. The number of Topliss-reactive ketones (excluding diaryl/α,β-unsaturated/α-hetero) is 1. The van der Waals surface area contributed by atoms with Gasteiger partial charge in [-0.05, 0) is 51.1 Å². The van der Waals surface area contributed by atoms with E-state index >= 15 is 0 Å². The molecule has 0 aliphatic heterocycles. The fourth-order valence-corrected chi connectivity index (χ4v) is 2.97. The van der Waals surface area contributed by atoms with Gasteiger partial charge in [0.25, 0.3) is 5.91 Å². The van der Waals surface area contributed by atoms with Gasteiger partial charge >= 0.3 is 0 Å². The number of thiazole rings is 1. The van der Waals surface area contributed by atoms with E-state index in [9.17, 15) is 9.59 Å². The van der Waals surface area contributed by atoms with E-state index in [4.69, 9.17) is 4.74 Å². The summed E-state index contributed by atoms with van der Waals surface area (Å²) in [7, 11) is 0. The molecule has 0 bridgehead atoms. The van der Waals surface area contributed by atoms with Crippen LogP contribution < -0.4 is 10.1 Å². The Labute approximate surface area is 161 Å². The minimum atomic E-state index is -0.277. The Morgan fingerprint density at radius 2 is 1.93 bits per heavy atom. The summed E-state index contributed by atoms with van der Waals surface area (Å²) in [4.78, 5) is 32.5. The predicted molar refractivity (Wildman–Crippen MR) is 106 cm³/mol. The van der Waals surface area contributed by atoms with Crippen LogP contribution in [0.2, 0.25) is 0 Å². The first-order valence-corrected chi connectivity index (χ1v) is 9.30. The molecule has 0 saturated heterocycles. The number of aromatic nitrogens is 2. The zero-order chi connectivity index (χ0) is 19.4. The molecule has 0 unspecified atom stereocenters. The van der Waals surface area contributed by atoms with E-state index in [0.717, 1.165) is 5.56 Å². The van der Waals surface area contributed by atoms with Gasteiger partial charge in [-0.1, -0.05) is 0 Å². The highest BCUT2D eigenvalue weighted by Gasteiger charge is 2.13. The second-order valence-electron chi connectivity index (χ2n) is 6.19. The molecule has 0 aliphatic rings. The van der Waals surface area contributed by atoms with Crippen molar-refractivity contribution in [3.8, 4) is 17.0 Å². The van der Waals surface area contributed by atoms with Gasteiger partial charge in [0.1, 0.15) is 5.75 Å². The summed E-state index contributed by atoms with van der Waals surface area (Å²) in [5.74, 6) is 0.249. The summed E-state index contributed by atoms with van der Waals surface area (Å²) < 4.78 is 5.79. The van der Waals surface area contributed by atoms with Gasteiger partial charge in [0, 0.05) is 34.5 Å². The molecule has 0 aliphatic carbocycles. The molecule has 0 saturated carbocycles. The molecule has 1 aromatic carbocycles. The smallest absolute Gasteiger partial charge is 0.257 e. The van der Waals surface area contributed by atoms with Crippen molar-refractivity contribution in [2.75, 3.05) is 5.32 Å². The monoisotopic (exact) mass is 381 g/mol. The van der Waals surface area contributed by atoms with Crippen molar-refractivity contribution in [1.29, 1.82) is 0 Å². The minimum Gasteiger partial charge on any atom is -0.491 e. The summed E-state index contributed by atoms with van der Waals surface area (Å²) in [6.07, 6.45) is 3.12. The Bertz CT molecular complexity index is 951. The van der Waals surface area contributed by atoms with E-state index < -0.39 is 0 Å². The summed E-state index contributed by atoms with van der Waals surface area (Å²) in [5.41, 5.74) is 2.36. The van der Waals surface area contributed by atoms with Crippen molar-refractivity contribution >= 4 is 28.2 Å². The Morgan fingerprint density at radius 3 is 2.52 bits per heavy atom. The summed E-state index contributed by atoms with van der Waals surface area (Å²) in [5, 5.41) is 5.09. The summed E-state index contributed by atoms with van der Waals surface area (Å²) in [6.45, 7) is 5.33. The van der Waals surface area contributed by atoms with Crippen molar-refractivity contribution in [3.05, 3.63) is 59.2 Å². The molecule has 1 amide bonds. The fourth-order valence-electron chi connectivity index (χ4n) is 2.45. The molecule has 0 radical (unpaired) electrons. The van der Waals surface area contributed by atoms with Crippen molar-refractivity contribution in [3.63, 3.8) is 0 Å². The molecule has 6 nitrogen and oxygen atoms in total. The van der Waals surface area contributed by atoms with Crippen LogP contribution in [-0.2, 0) is 0 Å². The highest BCUT2D eigenvalue weighted by molar-refractivity contribution is 7.13. The van der Waals surface area contributed by atoms with E-state index in [1.54, 1.807) is 35.8 Å². The Kier molecular flexibility index (Phi) is 5.61. The molecule has 0 atom stereocenters. The van der Waals surface area contributed by atoms with E-state index in [0.29, 0.717) is 27.7 Å². The van der Waals surface area contributed by atoms with Crippen molar-refractivity contribution in [2.24, 2.45) is 0 Å². The third kappa shape index (κ3) is 4.77.